The smallest absolute Gasteiger partial charge is 0.409 e. The average molecular weight is 436 g/mol. The largest absolute Gasteiger partial charge is 0.450 e. The van der Waals surface area contributed by atoms with Crippen molar-refractivity contribution in [2.75, 3.05) is 19.7 Å². The number of aliphatic imine (C=N–C) groups is 1. The van der Waals surface area contributed by atoms with Gasteiger partial charge in [-0.3, -0.25) is 4.68 Å². The van der Waals surface area contributed by atoms with E-state index in [1.807, 2.05) is 20.0 Å². The molecule has 0 aliphatic carbocycles. The Morgan fingerprint density at radius 2 is 2.22 bits per heavy atom. The molecule has 0 spiro atoms. The highest BCUT2D eigenvalue weighted by molar-refractivity contribution is 14.0. The zero-order valence-corrected chi connectivity index (χ0v) is 15.9. The maximum Gasteiger partial charge on any atom is 0.409 e. The molecule has 0 radical (unpaired) electrons. The number of likely N-dealkylation sites (tertiary alicyclic amines) is 1. The third-order valence-corrected chi connectivity index (χ3v) is 3.71. The molecule has 8 nitrogen and oxygen atoms in total. The number of aryl methyl sites for hydroxylation is 1. The Balaban J connectivity index is 0.00000264. The van der Waals surface area contributed by atoms with E-state index in [-0.39, 0.29) is 36.1 Å². The molecule has 1 aromatic rings. The van der Waals surface area contributed by atoms with E-state index in [1.165, 1.54) is 0 Å². The van der Waals surface area contributed by atoms with Gasteiger partial charge in [0, 0.05) is 32.4 Å². The Labute approximate surface area is 153 Å². The van der Waals surface area contributed by atoms with E-state index in [2.05, 4.69) is 15.4 Å². The van der Waals surface area contributed by atoms with Gasteiger partial charge >= 0.3 is 6.09 Å². The van der Waals surface area contributed by atoms with Crippen molar-refractivity contribution in [2.45, 2.75) is 32.4 Å². The summed E-state index contributed by atoms with van der Waals surface area (Å²) in [4.78, 5) is 17.7. The number of carbonyl (C=O) groups excluding carboxylic acids is 1. The molecule has 1 saturated heterocycles. The number of halogens is 1. The van der Waals surface area contributed by atoms with E-state index in [0.29, 0.717) is 32.2 Å². The second-order valence-corrected chi connectivity index (χ2v) is 5.25. The van der Waals surface area contributed by atoms with Crippen LogP contribution in [-0.4, -0.2) is 52.5 Å². The van der Waals surface area contributed by atoms with Crippen LogP contribution < -0.4 is 11.1 Å². The van der Waals surface area contributed by atoms with Gasteiger partial charge < -0.3 is 20.7 Å². The first kappa shape index (κ1) is 19.5. The van der Waals surface area contributed by atoms with Crippen molar-refractivity contribution in [1.29, 1.82) is 0 Å². The molecule has 3 N–H and O–H groups in total. The minimum absolute atomic E-state index is 0. The number of amides is 1. The van der Waals surface area contributed by atoms with Gasteiger partial charge in [-0.05, 0) is 25.8 Å². The Hall–Kier alpha value is -1.52. The van der Waals surface area contributed by atoms with Gasteiger partial charge in [-0.1, -0.05) is 0 Å². The van der Waals surface area contributed by atoms with Gasteiger partial charge in [-0.15, -0.1) is 24.0 Å². The molecular weight excluding hydrogens is 411 g/mol. The van der Waals surface area contributed by atoms with Crippen LogP contribution in [0, 0.1) is 0 Å². The fourth-order valence-corrected chi connectivity index (χ4v) is 2.40. The Bertz CT molecular complexity index is 525. The lowest BCUT2D eigenvalue weighted by Gasteiger charge is -2.31. The quantitative estimate of drug-likeness (QED) is 0.418. The van der Waals surface area contributed by atoms with Gasteiger partial charge in [0.2, 0.25) is 0 Å². The Morgan fingerprint density at radius 3 is 2.78 bits per heavy atom. The predicted molar refractivity (Wildman–Crippen MR) is 98.7 cm³/mol. The fraction of sp³-hybridized carbons (Fsp3) is 0.643. The van der Waals surface area contributed by atoms with Crippen LogP contribution >= 0.6 is 24.0 Å². The number of nitrogens with two attached hydrogens (primary N) is 1. The summed E-state index contributed by atoms with van der Waals surface area (Å²) in [7, 11) is 1.87. The molecule has 130 valence electrons. The zero-order chi connectivity index (χ0) is 15.9. The summed E-state index contributed by atoms with van der Waals surface area (Å²) in [5.74, 6) is 0.427. The van der Waals surface area contributed by atoms with E-state index in [0.717, 1.165) is 18.5 Å². The summed E-state index contributed by atoms with van der Waals surface area (Å²) in [6.07, 6.45) is 3.17. The number of nitrogens with zero attached hydrogens (tertiary/aromatic N) is 4. The summed E-state index contributed by atoms with van der Waals surface area (Å²) in [5, 5.41) is 7.30. The second kappa shape index (κ2) is 9.58. The summed E-state index contributed by atoms with van der Waals surface area (Å²) in [6.45, 7) is 4.06. The van der Waals surface area contributed by atoms with Gasteiger partial charge in [-0.25, -0.2) is 9.79 Å². The van der Waals surface area contributed by atoms with Crippen LogP contribution in [-0.2, 0) is 18.3 Å². The minimum Gasteiger partial charge on any atom is -0.450 e. The predicted octanol–water partition coefficient (Wildman–Crippen LogP) is 1.06. The number of aromatic nitrogens is 2. The second-order valence-electron chi connectivity index (χ2n) is 5.25. The van der Waals surface area contributed by atoms with Crippen LogP contribution in [0.3, 0.4) is 0 Å². The number of piperidine rings is 1. The van der Waals surface area contributed by atoms with Gasteiger partial charge in [0.05, 0.1) is 18.8 Å². The summed E-state index contributed by atoms with van der Waals surface area (Å²) in [6, 6.07) is 2.15. The molecule has 1 aliphatic heterocycles. The van der Waals surface area contributed by atoms with Crippen molar-refractivity contribution in [3.8, 4) is 0 Å². The fourth-order valence-electron chi connectivity index (χ4n) is 2.40. The third-order valence-electron chi connectivity index (χ3n) is 3.71. The van der Waals surface area contributed by atoms with Crippen molar-refractivity contribution in [2.24, 2.45) is 17.8 Å². The molecule has 0 aromatic carbocycles. The van der Waals surface area contributed by atoms with E-state index < -0.39 is 0 Å². The molecule has 0 atom stereocenters. The summed E-state index contributed by atoms with van der Waals surface area (Å²) in [5.41, 5.74) is 6.92. The third kappa shape index (κ3) is 5.88. The highest BCUT2D eigenvalue weighted by atomic mass is 127. The van der Waals surface area contributed by atoms with Crippen LogP contribution in [0.15, 0.2) is 17.3 Å². The topological polar surface area (TPSA) is 97.8 Å². The SMILES string of the molecule is CCOC(=O)N1CCC(NC(N)=NCc2ccnn2C)CC1.I. The highest BCUT2D eigenvalue weighted by Crippen LogP contribution is 2.11. The maximum absolute atomic E-state index is 11.6. The minimum atomic E-state index is -0.237. The first-order chi connectivity index (χ1) is 10.6. The number of nitrogens with one attached hydrogen (secondary N) is 1. The standard InChI is InChI=1S/C14H24N6O2.HI/c1-3-22-14(21)20-8-5-11(6-9-20)18-13(15)16-10-12-4-7-17-19(12)2;/h4,7,11H,3,5-6,8-10H2,1-2H3,(H3,15,16,18);1H. The van der Waals surface area contributed by atoms with Crippen molar-refractivity contribution >= 4 is 36.0 Å². The molecule has 0 unspecified atom stereocenters. The molecule has 0 saturated carbocycles. The van der Waals surface area contributed by atoms with Gasteiger partial charge in [-0.2, -0.15) is 5.10 Å². The molecule has 1 aliphatic rings. The lowest BCUT2D eigenvalue weighted by molar-refractivity contribution is 0.0963. The molecule has 1 amide bonds. The van der Waals surface area contributed by atoms with Gasteiger partial charge in [0.15, 0.2) is 5.96 Å². The Morgan fingerprint density at radius 1 is 1.52 bits per heavy atom. The first-order valence-corrected chi connectivity index (χ1v) is 7.55. The normalized spacial score (nSPS) is 15.9. The van der Waals surface area contributed by atoms with Crippen LogP contribution in [0.2, 0.25) is 0 Å². The molecule has 0 bridgehead atoms. The van der Waals surface area contributed by atoms with Crippen molar-refractivity contribution in [1.82, 2.24) is 20.0 Å². The van der Waals surface area contributed by atoms with E-state index in [1.54, 1.807) is 15.8 Å². The monoisotopic (exact) mass is 436 g/mol. The van der Waals surface area contributed by atoms with E-state index in [9.17, 15) is 4.79 Å². The first-order valence-electron chi connectivity index (χ1n) is 7.55. The average Bonchev–Trinajstić information content (AvgIpc) is 2.91. The van der Waals surface area contributed by atoms with Crippen LogP contribution in [0.4, 0.5) is 4.79 Å². The van der Waals surface area contributed by atoms with E-state index >= 15 is 0 Å². The number of carbonyl (C=O) groups is 1. The van der Waals surface area contributed by atoms with Crippen LogP contribution in [0.1, 0.15) is 25.5 Å². The summed E-state index contributed by atoms with van der Waals surface area (Å²) < 4.78 is 6.77. The maximum atomic E-state index is 11.6. The van der Waals surface area contributed by atoms with Crippen LogP contribution in [0.5, 0.6) is 0 Å². The lowest BCUT2D eigenvalue weighted by Crippen LogP contribution is -2.48. The van der Waals surface area contributed by atoms with Crippen molar-refractivity contribution in [3.05, 3.63) is 18.0 Å². The molecule has 2 rings (SSSR count). The lowest BCUT2D eigenvalue weighted by atomic mass is 10.1. The molecule has 2 heterocycles. The highest BCUT2D eigenvalue weighted by Gasteiger charge is 2.23. The zero-order valence-electron chi connectivity index (χ0n) is 13.6. The number of hydrogen-bond acceptors (Lipinski definition) is 4. The van der Waals surface area contributed by atoms with Gasteiger partial charge in [0.25, 0.3) is 0 Å². The molecule has 9 heteroatoms. The number of guanidine groups is 1. The van der Waals surface area contributed by atoms with Crippen molar-refractivity contribution < 1.29 is 9.53 Å². The molecule has 1 aromatic heterocycles. The number of hydrogen-bond donors (Lipinski definition) is 2. The molecular formula is C14H25IN6O2. The van der Waals surface area contributed by atoms with Gasteiger partial charge in [0.1, 0.15) is 0 Å². The Kier molecular flexibility index (Phi) is 8.13. The molecule has 1 fully saturated rings. The van der Waals surface area contributed by atoms with Crippen molar-refractivity contribution in [3.63, 3.8) is 0 Å². The van der Waals surface area contributed by atoms with E-state index in [4.69, 9.17) is 10.5 Å². The molecule has 23 heavy (non-hydrogen) atoms. The number of ether oxygens (including phenoxy) is 1. The van der Waals surface area contributed by atoms with Crippen LogP contribution in [0.25, 0.3) is 0 Å². The summed E-state index contributed by atoms with van der Waals surface area (Å²) >= 11 is 0. The number of rotatable bonds is 4.